The number of guanidine groups is 2. The summed E-state index contributed by atoms with van der Waals surface area (Å²) in [6.45, 7) is 0.838. The molecule has 2 aromatic carbocycles. The molecule has 2 heterocycles. The number of H-pyrrole nitrogens is 1. The van der Waals surface area contributed by atoms with Crippen LogP contribution in [0.25, 0.3) is 10.9 Å². The molecule has 0 bridgehead atoms. The first-order valence-corrected chi connectivity index (χ1v) is 23.7. The maximum absolute atomic E-state index is 14.5. The van der Waals surface area contributed by atoms with E-state index in [0.717, 1.165) is 21.4 Å². The number of benzene rings is 2. The maximum Gasteiger partial charge on any atom is 0.245 e. The number of hydrogen-bond donors (Lipinski definition) is 14. The van der Waals surface area contributed by atoms with Gasteiger partial charge in [0.25, 0.3) is 0 Å². The van der Waals surface area contributed by atoms with Crippen LogP contribution in [0, 0.1) is 0 Å². The molecule has 7 atom stereocenters. The number of amides is 8. The number of hydrogen-bond acceptors (Lipinski definition) is 12. The fraction of sp³-hybridized carbons (Fsp3) is 0.489. The van der Waals surface area contributed by atoms with E-state index >= 15 is 0 Å². The number of nitrogens with one attached hydrogen (secondary N) is 8. The number of fused-ring (bicyclic) bond motifs is 1. The van der Waals surface area contributed by atoms with Crippen LogP contribution in [0.15, 0.2) is 70.8 Å². The monoisotopic (exact) mass is 1000 g/mol. The van der Waals surface area contributed by atoms with Gasteiger partial charge in [-0.15, -0.1) is 0 Å². The van der Waals surface area contributed by atoms with Gasteiger partial charge in [0.15, 0.2) is 11.9 Å². The molecule has 0 saturated carbocycles. The predicted octanol–water partition coefficient (Wildman–Crippen LogP) is -3.59. The molecular formula is C47H70N16O9. The highest BCUT2D eigenvalue weighted by molar-refractivity contribution is 5.97. The number of nitrogens with two attached hydrogens (primary N) is 5. The van der Waals surface area contributed by atoms with Crippen LogP contribution >= 0.6 is 0 Å². The molecule has 7 unspecified atom stereocenters. The van der Waals surface area contributed by atoms with Crippen molar-refractivity contribution in [1.82, 2.24) is 47.1 Å². The molecule has 3 aromatic rings. The Hall–Kier alpha value is -7.80. The minimum Gasteiger partial charge on any atom is -0.376 e. The van der Waals surface area contributed by atoms with Crippen LogP contribution in [0.3, 0.4) is 0 Å². The molecule has 1 aliphatic heterocycles. The molecule has 4 rings (SSSR count). The number of carbonyl (C=O) groups excluding carboxylic acids is 8. The third-order valence-corrected chi connectivity index (χ3v) is 11.7. The van der Waals surface area contributed by atoms with Crippen LogP contribution in [0.2, 0.25) is 0 Å². The highest BCUT2D eigenvalue weighted by Crippen LogP contribution is 2.20. The molecular weight excluding hydrogens is 933 g/mol. The molecule has 25 nitrogen and oxygen atoms in total. The van der Waals surface area contributed by atoms with E-state index in [-0.39, 0.29) is 76.5 Å². The zero-order chi connectivity index (χ0) is 52.7. The van der Waals surface area contributed by atoms with Crippen LogP contribution in [0.1, 0.15) is 69.4 Å². The molecule has 1 fully saturated rings. The highest BCUT2D eigenvalue weighted by atomic mass is 16.3. The van der Waals surface area contributed by atoms with E-state index in [0.29, 0.717) is 18.4 Å². The molecule has 1 aliphatic rings. The average Bonchev–Trinajstić information content (AvgIpc) is 3.73. The molecule has 1 aromatic heterocycles. The Labute approximate surface area is 417 Å². The number of aliphatic hydroxyl groups is 1. The van der Waals surface area contributed by atoms with Gasteiger partial charge in [-0.2, -0.15) is 0 Å². The summed E-state index contributed by atoms with van der Waals surface area (Å²) in [6, 6.07) is 8.56. The zero-order valence-corrected chi connectivity index (χ0v) is 40.7. The molecule has 19 N–H and O–H groups in total. The van der Waals surface area contributed by atoms with Gasteiger partial charge in [-0.25, -0.2) is 0 Å². The molecule has 0 spiro atoms. The van der Waals surface area contributed by atoms with Crippen molar-refractivity contribution < 1.29 is 43.5 Å². The van der Waals surface area contributed by atoms with Crippen molar-refractivity contribution >= 4 is 70.1 Å². The lowest BCUT2D eigenvalue weighted by Crippen LogP contribution is -2.60. The SMILES string of the molecule is CC(=O)NC(CCCN=C(N)N)C(=O)NC1CC(=O)NCCCCC(C(N)=O)NC(O)C(Cc2c[nH]c3ccccc23)NC(=O)C(CCCN=C(N)N)NC(=O)C(Cc2ccccc2)NC(=O)CN(C)C1=O. The van der Waals surface area contributed by atoms with Crippen LogP contribution in [-0.4, -0.2) is 150 Å². The number of nitrogens with zero attached hydrogens (tertiary/aromatic N) is 3. The molecule has 8 amide bonds. The number of rotatable bonds is 16. The van der Waals surface area contributed by atoms with Crippen molar-refractivity contribution in [3.63, 3.8) is 0 Å². The number of aliphatic hydroxyl groups excluding tert-OH is 1. The van der Waals surface area contributed by atoms with Gasteiger partial charge < -0.3 is 75.6 Å². The number of carbonyl (C=O) groups is 8. The molecule has 25 heteroatoms. The standard InChI is InChI=1S/C47H70N16O9/c1-27(64)57-33(17-10-20-54-46(49)50)41(68)62-37-24-38(65)53-19-9-8-16-32(40(48)67)59-44(71)36(23-29-25-56-31-15-7-6-14-30(29)31)61-42(69)34(18-11-21-55-47(51)52)60-43(70)35(22-28-12-4-3-5-13-28)58-39(66)26-63(2)45(37)72/h3-7,12-15,25,32-37,44,56,59,71H,8-11,16-24,26H2,1-2H3,(H2,48,67)(H,53,65)(H,57,64)(H,58,66)(H,60,70)(H,61,69)(H,62,68)(H4,49,50,54)(H4,51,52,55). The minimum atomic E-state index is -1.57. The maximum atomic E-state index is 14.5. The third-order valence-electron chi connectivity index (χ3n) is 11.7. The van der Waals surface area contributed by atoms with Crippen molar-refractivity contribution in [1.29, 1.82) is 0 Å². The highest BCUT2D eigenvalue weighted by Gasteiger charge is 2.34. The molecule has 72 heavy (non-hydrogen) atoms. The molecule has 1 saturated heterocycles. The predicted molar refractivity (Wildman–Crippen MR) is 269 cm³/mol. The van der Waals surface area contributed by atoms with E-state index in [4.69, 9.17) is 28.7 Å². The van der Waals surface area contributed by atoms with E-state index in [9.17, 15) is 43.5 Å². The second-order valence-electron chi connectivity index (χ2n) is 17.6. The fourth-order valence-electron chi connectivity index (χ4n) is 8.04. The van der Waals surface area contributed by atoms with E-state index in [2.05, 4.69) is 52.2 Å². The lowest BCUT2D eigenvalue weighted by atomic mass is 10.0. The van der Waals surface area contributed by atoms with E-state index in [1.54, 1.807) is 36.5 Å². The van der Waals surface area contributed by atoms with Crippen LogP contribution in [0.5, 0.6) is 0 Å². The fourth-order valence-corrected chi connectivity index (χ4v) is 8.04. The summed E-state index contributed by atoms with van der Waals surface area (Å²) in [6.07, 6.45) is 0.768. The quantitative estimate of drug-likeness (QED) is 0.0375. The Balaban J connectivity index is 1.71. The first-order valence-electron chi connectivity index (χ1n) is 23.7. The van der Waals surface area contributed by atoms with Crippen LogP contribution < -0.4 is 65.9 Å². The van der Waals surface area contributed by atoms with Crippen LogP contribution in [0.4, 0.5) is 0 Å². The number of aromatic nitrogens is 1. The number of primary amides is 1. The Kier molecular flexibility index (Phi) is 22.7. The van der Waals surface area contributed by atoms with Crippen LogP contribution in [-0.2, 0) is 51.2 Å². The Morgan fingerprint density at radius 2 is 1.49 bits per heavy atom. The number of aromatic amines is 1. The van der Waals surface area contributed by atoms with Gasteiger partial charge in [-0.05, 0) is 68.6 Å². The summed E-state index contributed by atoms with van der Waals surface area (Å²) < 4.78 is 0. The Morgan fingerprint density at radius 3 is 2.17 bits per heavy atom. The van der Waals surface area contributed by atoms with Gasteiger partial charge in [-0.1, -0.05) is 48.5 Å². The van der Waals surface area contributed by atoms with E-state index in [1.807, 2.05) is 24.3 Å². The van der Waals surface area contributed by atoms with Crippen molar-refractivity contribution in [2.75, 3.05) is 33.2 Å². The number of likely N-dealkylation sites (N-methyl/N-ethyl adjacent to an activating group) is 1. The zero-order valence-electron chi connectivity index (χ0n) is 40.7. The van der Waals surface area contributed by atoms with Gasteiger partial charge in [0.2, 0.25) is 47.3 Å². The van der Waals surface area contributed by atoms with Gasteiger partial charge in [-0.3, -0.25) is 53.7 Å². The summed E-state index contributed by atoms with van der Waals surface area (Å²) in [4.78, 5) is 121. The minimum absolute atomic E-state index is 0.0102. The number of aliphatic imine (C=N–C) groups is 2. The second kappa shape index (κ2) is 28.8. The molecule has 0 aliphatic carbocycles. The second-order valence-corrected chi connectivity index (χ2v) is 17.6. The molecule has 392 valence electrons. The first-order chi connectivity index (χ1) is 34.3. The normalized spacial score (nSPS) is 21.7. The van der Waals surface area contributed by atoms with E-state index in [1.165, 1.54) is 14.0 Å². The van der Waals surface area contributed by atoms with E-state index < -0.39 is 103 Å². The van der Waals surface area contributed by atoms with Crippen molar-refractivity contribution in [3.05, 3.63) is 71.9 Å². The van der Waals surface area contributed by atoms with Gasteiger partial charge >= 0.3 is 0 Å². The third kappa shape index (κ3) is 19.2. The first kappa shape index (κ1) is 56.8. The summed E-state index contributed by atoms with van der Waals surface area (Å²) in [7, 11) is 1.27. The Bertz CT molecular complexity index is 2390. The average molecular weight is 1000 g/mol. The van der Waals surface area contributed by atoms with Crippen molar-refractivity contribution in [2.24, 2.45) is 38.7 Å². The summed E-state index contributed by atoms with van der Waals surface area (Å²) in [5, 5.41) is 31.6. The topological polar surface area (TPSA) is 415 Å². The largest absolute Gasteiger partial charge is 0.376 e. The van der Waals surface area contributed by atoms with Gasteiger partial charge in [0.05, 0.1) is 25.0 Å². The summed E-state index contributed by atoms with van der Waals surface area (Å²) >= 11 is 0. The van der Waals surface area contributed by atoms with Gasteiger partial charge in [0.1, 0.15) is 30.4 Å². The lowest BCUT2D eigenvalue weighted by molar-refractivity contribution is -0.140. The molecule has 0 radical (unpaired) electrons. The lowest BCUT2D eigenvalue weighted by Gasteiger charge is -2.30. The Morgan fingerprint density at radius 1 is 0.819 bits per heavy atom. The van der Waals surface area contributed by atoms with Gasteiger partial charge in [0, 0.05) is 57.1 Å². The summed E-state index contributed by atoms with van der Waals surface area (Å²) in [5.74, 6) is -6.33. The summed E-state index contributed by atoms with van der Waals surface area (Å²) in [5.41, 5.74) is 29.9. The van der Waals surface area contributed by atoms with Crippen molar-refractivity contribution in [3.8, 4) is 0 Å². The number of para-hydroxylation sites is 1. The smallest absolute Gasteiger partial charge is 0.245 e. The van der Waals surface area contributed by atoms with Crippen molar-refractivity contribution in [2.45, 2.75) is 114 Å².